The number of benzene rings is 1. The fourth-order valence-corrected chi connectivity index (χ4v) is 4.27. The van der Waals surface area contributed by atoms with E-state index in [4.69, 9.17) is 4.74 Å². The highest BCUT2D eigenvalue weighted by atomic mass is 32.2. The van der Waals surface area contributed by atoms with E-state index in [2.05, 4.69) is 0 Å². The number of aromatic carboxylic acids is 1. The number of sulfonamides is 1. The molecule has 0 spiro atoms. The summed E-state index contributed by atoms with van der Waals surface area (Å²) in [6.45, 7) is 2.61. The molecular weight excluding hydrogens is 294 g/mol. The van der Waals surface area contributed by atoms with Crippen LogP contribution in [0.4, 0.5) is 0 Å². The van der Waals surface area contributed by atoms with Crippen LogP contribution in [0.2, 0.25) is 0 Å². The fraction of sp³-hybridized carbons (Fsp3) is 0.500. The molecule has 0 aliphatic carbocycles. The van der Waals surface area contributed by atoms with Crippen molar-refractivity contribution in [2.75, 3.05) is 20.2 Å². The smallest absolute Gasteiger partial charge is 0.339 e. The molecule has 1 saturated heterocycles. The standard InChI is InChI=1S/C14H19NO5S/c1-10-8-12(20-2)11(14(16)17)9-13(10)21(18,19)15-6-4-3-5-7-15/h8-9H,3-7H2,1-2H3,(H,16,17). The fourth-order valence-electron chi connectivity index (χ4n) is 2.52. The molecule has 1 aromatic rings. The molecule has 0 bridgehead atoms. The number of methoxy groups -OCH3 is 1. The minimum Gasteiger partial charge on any atom is -0.496 e. The van der Waals surface area contributed by atoms with E-state index >= 15 is 0 Å². The summed E-state index contributed by atoms with van der Waals surface area (Å²) in [6.07, 6.45) is 2.69. The van der Waals surface area contributed by atoms with Gasteiger partial charge in [-0.05, 0) is 37.5 Å². The van der Waals surface area contributed by atoms with E-state index in [-0.39, 0.29) is 16.2 Å². The number of rotatable bonds is 4. The lowest BCUT2D eigenvalue weighted by molar-refractivity contribution is 0.0693. The maximum atomic E-state index is 12.7. The summed E-state index contributed by atoms with van der Waals surface area (Å²) in [4.78, 5) is 11.3. The van der Waals surface area contributed by atoms with Gasteiger partial charge in [0.25, 0.3) is 0 Å². The predicted octanol–water partition coefficient (Wildman–Crippen LogP) is 1.88. The lowest BCUT2D eigenvalue weighted by Gasteiger charge is -2.26. The number of hydrogen-bond donors (Lipinski definition) is 1. The first-order chi connectivity index (χ1) is 9.87. The predicted molar refractivity (Wildman–Crippen MR) is 77.3 cm³/mol. The Bertz CT molecular complexity index is 648. The molecular formula is C14H19NO5S. The second-order valence-electron chi connectivity index (χ2n) is 5.09. The van der Waals surface area contributed by atoms with Gasteiger partial charge >= 0.3 is 5.97 Å². The Balaban J connectivity index is 2.52. The molecule has 1 aliphatic rings. The van der Waals surface area contributed by atoms with Gasteiger partial charge in [-0.2, -0.15) is 4.31 Å². The molecule has 1 heterocycles. The van der Waals surface area contributed by atoms with Crippen LogP contribution in [0.15, 0.2) is 17.0 Å². The van der Waals surface area contributed by atoms with Crippen LogP contribution in [0.25, 0.3) is 0 Å². The van der Waals surface area contributed by atoms with E-state index in [0.717, 1.165) is 19.3 Å². The first-order valence-electron chi connectivity index (χ1n) is 6.80. The molecule has 0 amide bonds. The van der Waals surface area contributed by atoms with Gasteiger partial charge in [0.1, 0.15) is 11.3 Å². The molecule has 0 saturated carbocycles. The molecule has 1 N–H and O–H groups in total. The van der Waals surface area contributed by atoms with Crippen LogP contribution in [0.5, 0.6) is 5.75 Å². The first-order valence-corrected chi connectivity index (χ1v) is 8.24. The van der Waals surface area contributed by atoms with Crippen LogP contribution >= 0.6 is 0 Å². The van der Waals surface area contributed by atoms with Crippen LogP contribution in [-0.2, 0) is 10.0 Å². The summed E-state index contributed by atoms with van der Waals surface area (Å²) in [5, 5.41) is 9.20. The van der Waals surface area contributed by atoms with Crippen LogP contribution in [-0.4, -0.2) is 44.0 Å². The van der Waals surface area contributed by atoms with E-state index in [1.165, 1.54) is 23.5 Å². The third-order valence-electron chi connectivity index (χ3n) is 3.66. The van der Waals surface area contributed by atoms with E-state index in [1.807, 2.05) is 0 Å². The Kier molecular flexibility index (Phi) is 4.53. The number of nitrogens with zero attached hydrogens (tertiary/aromatic N) is 1. The van der Waals surface area contributed by atoms with Crippen molar-refractivity contribution >= 4 is 16.0 Å². The molecule has 6 nitrogen and oxygen atoms in total. The summed E-state index contributed by atoms with van der Waals surface area (Å²) in [5.74, 6) is -1.04. The number of hydrogen-bond acceptors (Lipinski definition) is 4. The number of piperidine rings is 1. The SMILES string of the molecule is COc1cc(C)c(S(=O)(=O)N2CCCCC2)cc1C(=O)O. The van der Waals surface area contributed by atoms with Gasteiger partial charge in [0.05, 0.1) is 12.0 Å². The van der Waals surface area contributed by atoms with Gasteiger partial charge in [0.2, 0.25) is 10.0 Å². The largest absolute Gasteiger partial charge is 0.496 e. The van der Waals surface area contributed by atoms with Gasteiger partial charge < -0.3 is 9.84 Å². The quantitative estimate of drug-likeness (QED) is 0.917. The molecule has 2 rings (SSSR count). The lowest BCUT2D eigenvalue weighted by Crippen LogP contribution is -2.36. The number of carboxylic acids is 1. The van der Waals surface area contributed by atoms with Crippen molar-refractivity contribution in [2.24, 2.45) is 0 Å². The van der Waals surface area contributed by atoms with Crippen molar-refractivity contribution in [1.82, 2.24) is 4.31 Å². The lowest BCUT2D eigenvalue weighted by atomic mass is 10.1. The van der Waals surface area contributed by atoms with Gasteiger partial charge in [-0.15, -0.1) is 0 Å². The van der Waals surface area contributed by atoms with Crippen molar-refractivity contribution in [2.45, 2.75) is 31.1 Å². The number of carboxylic acid groups (broad SMARTS) is 1. The topological polar surface area (TPSA) is 83.9 Å². The molecule has 0 aromatic heterocycles. The van der Waals surface area contributed by atoms with Gasteiger partial charge in [-0.25, -0.2) is 13.2 Å². The molecule has 1 fully saturated rings. The molecule has 7 heteroatoms. The van der Waals surface area contributed by atoms with E-state index in [9.17, 15) is 18.3 Å². The summed E-state index contributed by atoms with van der Waals surface area (Å²) in [5.41, 5.74) is 0.348. The minimum atomic E-state index is -3.66. The summed E-state index contributed by atoms with van der Waals surface area (Å²) >= 11 is 0. The van der Waals surface area contributed by atoms with Crippen molar-refractivity contribution < 1.29 is 23.1 Å². The Labute approximate surface area is 124 Å². The normalized spacial score (nSPS) is 16.7. The number of aryl methyl sites for hydroxylation is 1. The van der Waals surface area contributed by atoms with Crippen LogP contribution in [0, 0.1) is 6.92 Å². The van der Waals surface area contributed by atoms with Crippen molar-refractivity contribution in [3.05, 3.63) is 23.3 Å². The van der Waals surface area contributed by atoms with E-state index < -0.39 is 16.0 Å². The Morgan fingerprint density at radius 1 is 1.24 bits per heavy atom. The zero-order chi connectivity index (χ0) is 15.6. The zero-order valence-corrected chi connectivity index (χ0v) is 12.9. The molecule has 1 aromatic carbocycles. The molecule has 21 heavy (non-hydrogen) atoms. The first kappa shape index (κ1) is 15.8. The van der Waals surface area contributed by atoms with Crippen molar-refractivity contribution in [3.63, 3.8) is 0 Å². The Morgan fingerprint density at radius 3 is 2.38 bits per heavy atom. The highest BCUT2D eigenvalue weighted by Gasteiger charge is 2.29. The maximum absolute atomic E-state index is 12.7. The maximum Gasteiger partial charge on any atom is 0.339 e. The van der Waals surface area contributed by atoms with E-state index in [1.54, 1.807) is 6.92 Å². The monoisotopic (exact) mass is 313 g/mol. The highest BCUT2D eigenvalue weighted by Crippen LogP contribution is 2.29. The summed E-state index contributed by atoms with van der Waals surface area (Å²) in [7, 11) is -2.30. The number of carbonyl (C=O) groups is 1. The Morgan fingerprint density at radius 2 is 1.86 bits per heavy atom. The Hall–Kier alpha value is -1.60. The third kappa shape index (κ3) is 3.03. The van der Waals surface area contributed by atoms with E-state index in [0.29, 0.717) is 18.7 Å². The molecule has 116 valence electrons. The van der Waals surface area contributed by atoms with Gasteiger partial charge in [0, 0.05) is 13.1 Å². The summed E-state index contributed by atoms with van der Waals surface area (Å²) in [6, 6.07) is 2.65. The van der Waals surface area contributed by atoms with Crippen molar-refractivity contribution in [3.8, 4) is 5.75 Å². The van der Waals surface area contributed by atoms with Crippen LogP contribution < -0.4 is 4.74 Å². The van der Waals surface area contributed by atoms with Crippen LogP contribution in [0.1, 0.15) is 35.2 Å². The minimum absolute atomic E-state index is 0.0441. The third-order valence-corrected chi connectivity index (χ3v) is 5.70. The summed E-state index contributed by atoms with van der Waals surface area (Å²) < 4.78 is 31.8. The zero-order valence-electron chi connectivity index (χ0n) is 12.1. The second kappa shape index (κ2) is 6.03. The average Bonchev–Trinajstić information content (AvgIpc) is 2.47. The van der Waals surface area contributed by atoms with Crippen LogP contribution in [0.3, 0.4) is 0 Å². The highest BCUT2D eigenvalue weighted by molar-refractivity contribution is 7.89. The van der Waals surface area contributed by atoms with Gasteiger partial charge in [0.15, 0.2) is 0 Å². The molecule has 1 aliphatic heterocycles. The molecule has 0 atom stereocenters. The number of ether oxygens (including phenoxy) is 1. The van der Waals surface area contributed by atoms with Gasteiger partial charge in [-0.3, -0.25) is 0 Å². The molecule has 0 unspecified atom stereocenters. The van der Waals surface area contributed by atoms with Gasteiger partial charge in [-0.1, -0.05) is 6.42 Å². The average molecular weight is 313 g/mol. The molecule has 0 radical (unpaired) electrons. The second-order valence-corrected chi connectivity index (χ2v) is 6.99. The van der Waals surface area contributed by atoms with Crippen molar-refractivity contribution in [1.29, 1.82) is 0 Å².